The van der Waals surface area contributed by atoms with Crippen molar-refractivity contribution >= 4 is 17.2 Å². The molecule has 0 aliphatic carbocycles. The number of rotatable bonds is 4. The summed E-state index contributed by atoms with van der Waals surface area (Å²) in [5.41, 5.74) is 1.58. The highest BCUT2D eigenvalue weighted by molar-refractivity contribution is 7.17. The fourth-order valence-corrected chi connectivity index (χ4v) is 4.73. The van der Waals surface area contributed by atoms with Gasteiger partial charge in [0.1, 0.15) is 21.4 Å². The smallest absolute Gasteiger partial charge is 0.266 e. The second kappa shape index (κ2) is 8.27. The van der Waals surface area contributed by atoms with Gasteiger partial charge in [0.2, 0.25) is 0 Å². The molecule has 146 valence electrons. The molecule has 0 N–H and O–H groups in total. The Labute approximate surface area is 169 Å². The number of nitrogens with zero attached hydrogens (tertiary/aromatic N) is 3. The number of amides is 1. The molecule has 3 aromatic heterocycles. The fraction of sp³-hybridized carbons (Fsp3) is 0.409. The van der Waals surface area contributed by atoms with Crippen LogP contribution in [0.5, 0.6) is 0 Å². The molecule has 6 heteroatoms. The number of furan rings is 1. The molecule has 1 aliphatic rings. The summed E-state index contributed by atoms with van der Waals surface area (Å²) in [5.74, 6) is 1.93. The Morgan fingerprint density at radius 1 is 1.25 bits per heavy atom. The Balaban J connectivity index is 1.65. The van der Waals surface area contributed by atoms with E-state index in [9.17, 15) is 4.79 Å². The minimum absolute atomic E-state index is 0.00454. The molecular weight excluding hydrogens is 370 g/mol. The topological polar surface area (TPSA) is 59.2 Å². The molecule has 0 saturated carbocycles. The molecule has 1 fully saturated rings. The number of hydrogen-bond donors (Lipinski definition) is 0. The quantitative estimate of drug-likeness (QED) is 0.591. The highest BCUT2D eigenvalue weighted by Crippen LogP contribution is 2.35. The molecule has 28 heavy (non-hydrogen) atoms. The summed E-state index contributed by atoms with van der Waals surface area (Å²) in [6.07, 6.45) is 6.82. The highest BCUT2D eigenvalue weighted by atomic mass is 32.1. The van der Waals surface area contributed by atoms with Gasteiger partial charge in [0.15, 0.2) is 0 Å². The van der Waals surface area contributed by atoms with Crippen LogP contribution in [0.3, 0.4) is 0 Å². The number of hydrogen-bond acceptors (Lipinski definition) is 5. The Morgan fingerprint density at radius 3 is 2.89 bits per heavy atom. The van der Waals surface area contributed by atoms with Crippen molar-refractivity contribution in [2.45, 2.75) is 52.0 Å². The Kier molecular flexibility index (Phi) is 5.57. The molecule has 4 rings (SSSR count). The molecule has 4 heterocycles. The van der Waals surface area contributed by atoms with Crippen molar-refractivity contribution in [2.75, 3.05) is 6.54 Å². The van der Waals surface area contributed by atoms with Crippen molar-refractivity contribution in [2.24, 2.45) is 0 Å². The van der Waals surface area contributed by atoms with Crippen molar-refractivity contribution in [3.05, 3.63) is 58.6 Å². The first kappa shape index (κ1) is 18.9. The van der Waals surface area contributed by atoms with Crippen molar-refractivity contribution < 1.29 is 9.21 Å². The molecule has 1 saturated heterocycles. The summed E-state index contributed by atoms with van der Waals surface area (Å²) in [5, 5.41) is 0.791. The summed E-state index contributed by atoms with van der Waals surface area (Å²) in [6, 6.07) is 9.80. The zero-order valence-corrected chi connectivity index (χ0v) is 17.2. The van der Waals surface area contributed by atoms with Gasteiger partial charge in [-0.25, -0.2) is 4.98 Å². The Bertz CT molecular complexity index is 948. The molecule has 5 nitrogen and oxygen atoms in total. The lowest BCUT2D eigenvalue weighted by Gasteiger charge is -2.28. The van der Waals surface area contributed by atoms with E-state index in [1.165, 1.54) is 11.3 Å². The van der Waals surface area contributed by atoms with Crippen LogP contribution in [0.4, 0.5) is 0 Å². The van der Waals surface area contributed by atoms with Gasteiger partial charge in [-0.2, -0.15) is 0 Å². The van der Waals surface area contributed by atoms with E-state index in [0.29, 0.717) is 4.88 Å². The maximum Gasteiger partial charge on any atom is 0.266 e. The monoisotopic (exact) mass is 395 g/mol. The van der Waals surface area contributed by atoms with Gasteiger partial charge in [-0.05, 0) is 44.0 Å². The predicted octanol–water partition coefficient (Wildman–Crippen LogP) is 5.43. The minimum atomic E-state index is -0.00454. The fourth-order valence-electron chi connectivity index (χ4n) is 3.73. The van der Waals surface area contributed by atoms with Crippen molar-refractivity contribution in [1.29, 1.82) is 0 Å². The average Bonchev–Trinajstić information content (AvgIpc) is 3.28. The second-order valence-corrected chi connectivity index (χ2v) is 8.17. The lowest BCUT2D eigenvalue weighted by atomic mass is 10.1. The van der Waals surface area contributed by atoms with Gasteiger partial charge in [-0.1, -0.05) is 25.8 Å². The number of aryl methyl sites for hydroxylation is 2. The molecular formula is C22H25N3O2S. The van der Waals surface area contributed by atoms with Crippen molar-refractivity contribution in [3.63, 3.8) is 0 Å². The van der Waals surface area contributed by atoms with Gasteiger partial charge >= 0.3 is 0 Å². The Hall–Kier alpha value is -2.47. The van der Waals surface area contributed by atoms with Crippen LogP contribution in [0.2, 0.25) is 0 Å². The maximum absolute atomic E-state index is 13.5. The van der Waals surface area contributed by atoms with Gasteiger partial charge in [0, 0.05) is 19.2 Å². The van der Waals surface area contributed by atoms with E-state index in [2.05, 4.69) is 16.9 Å². The van der Waals surface area contributed by atoms with Gasteiger partial charge in [-0.15, -0.1) is 11.3 Å². The molecule has 1 aliphatic heterocycles. The van der Waals surface area contributed by atoms with Crippen molar-refractivity contribution in [1.82, 2.24) is 14.9 Å². The number of carbonyl (C=O) groups excluding carboxylic acids is 1. The SMILES string of the molecule is CCc1ccc(C2CCCCCN2C(=O)c2sc(-c3ccccn3)nc2C)o1. The molecule has 0 radical (unpaired) electrons. The normalized spacial score (nSPS) is 17.5. The third kappa shape index (κ3) is 3.74. The zero-order chi connectivity index (χ0) is 19.5. The van der Waals surface area contributed by atoms with Crippen LogP contribution < -0.4 is 0 Å². The van der Waals surface area contributed by atoms with Crippen LogP contribution in [-0.4, -0.2) is 27.3 Å². The molecule has 1 atom stereocenters. The molecule has 0 bridgehead atoms. The number of carbonyl (C=O) groups is 1. The lowest BCUT2D eigenvalue weighted by Crippen LogP contribution is -2.34. The van der Waals surface area contributed by atoms with Crippen LogP contribution in [0, 0.1) is 6.92 Å². The van der Waals surface area contributed by atoms with E-state index < -0.39 is 0 Å². The molecule has 0 spiro atoms. The third-order valence-electron chi connectivity index (χ3n) is 5.25. The maximum atomic E-state index is 13.5. The van der Waals surface area contributed by atoms with Crippen LogP contribution in [0.15, 0.2) is 40.9 Å². The summed E-state index contributed by atoms with van der Waals surface area (Å²) >= 11 is 1.43. The first-order chi connectivity index (χ1) is 13.7. The molecule has 1 unspecified atom stereocenters. The summed E-state index contributed by atoms with van der Waals surface area (Å²) in [7, 11) is 0. The standard InChI is InChI=1S/C22H25N3O2S/c1-3-16-11-12-19(27-16)18-10-5-4-8-14-25(18)22(26)20-15(2)24-21(28-20)17-9-6-7-13-23-17/h6-7,9,11-13,18H,3-5,8,10,14H2,1-2H3. The third-order valence-corrected chi connectivity index (χ3v) is 6.42. The van der Waals surface area contributed by atoms with E-state index in [1.54, 1.807) is 6.20 Å². The zero-order valence-electron chi connectivity index (χ0n) is 16.4. The van der Waals surface area contributed by atoms with E-state index in [-0.39, 0.29) is 11.9 Å². The molecule has 1 amide bonds. The number of aromatic nitrogens is 2. The van der Waals surface area contributed by atoms with E-state index in [0.717, 1.165) is 66.6 Å². The van der Waals surface area contributed by atoms with E-state index >= 15 is 0 Å². The molecule has 3 aromatic rings. The first-order valence-corrected chi connectivity index (χ1v) is 10.8. The van der Waals surface area contributed by atoms with Crippen LogP contribution >= 0.6 is 11.3 Å². The van der Waals surface area contributed by atoms with Gasteiger partial charge in [-0.3, -0.25) is 9.78 Å². The number of thiazole rings is 1. The number of likely N-dealkylation sites (tertiary alicyclic amines) is 1. The van der Waals surface area contributed by atoms with E-state index in [1.807, 2.05) is 42.2 Å². The summed E-state index contributed by atoms with van der Waals surface area (Å²) in [6.45, 7) is 4.74. The van der Waals surface area contributed by atoms with Gasteiger partial charge in [0.05, 0.1) is 17.4 Å². The predicted molar refractivity (Wildman–Crippen MR) is 110 cm³/mol. The second-order valence-electron chi connectivity index (χ2n) is 7.17. The van der Waals surface area contributed by atoms with Gasteiger partial charge < -0.3 is 9.32 Å². The highest BCUT2D eigenvalue weighted by Gasteiger charge is 2.31. The van der Waals surface area contributed by atoms with E-state index in [4.69, 9.17) is 4.42 Å². The number of pyridine rings is 1. The Morgan fingerprint density at radius 2 is 2.14 bits per heavy atom. The van der Waals surface area contributed by atoms with Crippen molar-refractivity contribution in [3.8, 4) is 10.7 Å². The van der Waals surface area contributed by atoms with Crippen LogP contribution in [-0.2, 0) is 6.42 Å². The van der Waals surface area contributed by atoms with Crippen LogP contribution in [0.25, 0.3) is 10.7 Å². The average molecular weight is 396 g/mol. The lowest BCUT2D eigenvalue weighted by molar-refractivity contribution is 0.0661. The molecule has 0 aromatic carbocycles. The minimum Gasteiger partial charge on any atom is -0.464 e. The van der Waals surface area contributed by atoms with Crippen LogP contribution in [0.1, 0.15) is 65.5 Å². The summed E-state index contributed by atoms with van der Waals surface area (Å²) < 4.78 is 6.03. The summed E-state index contributed by atoms with van der Waals surface area (Å²) in [4.78, 5) is 25.2. The first-order valence-electron chi connectivity index (χ1n) is 9.95. The van der Waals surface area contributed by atoms with Gasteiger partial charge in [0.25, 0.3) is 5.91 Å². The largest absolute Gasteiger partial charge is 0.464 e.